The number of alkyl halides is 3. The van der Waals surface area contributed by atoms with E-state index in [2.05, 4.69) is 20.3 Å². The molecule has 32 heavy (non-hydrogen) atoms. The Morgan fingerprint density at radius 2 is 1.88 bits per heavy atom. The van der Waals surface area contributed by atoms with E-state index in [0.29, 0.717) is 11.3 Å². The second-order valence-electron chi connectivity index (χ2n) is 6.32. The Morgan fingerprint density at radius 3 is 2.53 bits per heavy atom. The van der Waals surface area contributed by atoms with Gasteiger partial charge in [-0.25, -0.2) is 0 Å². The molecule has 0 saturated heterocycles. The minimum Gasteiger partial charge on any atom is -0.493 e. The van der Waals surface area contributed by atoms with Crippen LogP contribution in [0.2, 0.25) is 0 Å². The predicted molar refractivity (Wildman–Crippen MR) is 112 cm³/mol. The summed E-state index contributed by atoms with van der Waals surface area (Å²) in [6, 6.07) is 15.3. The number of anilines is 3. The number of ether oxygens (including phenoxy) is 2. The smallest absolute Gasteiger partial charge is 0.422 e. The molecule has 11 heteroatoms. The third kappa shape index (κ3) is 6.09. The van der Waals surface area contributed by atoms with E-state index < -0.39 is 12.8 Å². The summed E-state index contributed by atoms with van der Waals surface area (Å²) in [7, 11) is 1.29. The molecule has 1 heterocycles. The van der Waals surface area contributed by atoms with Crippen LogP contribution in [0.3, 0.4) is 0 Å². The Kier molecular flexibility index (Phi) is 6.74. The lowest BCUT2D eigenvalue weighted by atomic mass is 10.1. The summed E-state index contributed by atoms with van der Waals surface area (Å²) in [5.41, 5.74) is 6.99. The lowest BCUT2D eigenvalue weighted by molar-refractivity contribution is -0.153. The van der Waals surface area contributed by atoms with Gasteiger partial charge in [0, 0.05) is 5.69 Å². The quantitative estimate of drug-likeness (QED) is 0.522. The van der Waals surface area contributed by atoms with Crippen molar-refractivity contribution in [3.05, 3.63) is 59.9 Å². The molecule has 3 aromatic rings. The van der Waals surface area contributed by atoms with Crippen molar-refractivity contribution in [2.45, 2.75) is 6.18 Å². The number of aromatic nitrogens is 3. The fourth-order valence-electron chi connectivity index (χ4n) is 2.59. The van der Waals surface area contributed by atoms with Gasteiger partial charge in [0.05, 0.1) is 12.7 Å². The van der Waals surface area contributed by atoms with Crippen molar-refractivity contribution in [1.29, 1.82) is 5.26 Å². The monoisotopic (exact) mass is 442 g/mol. The number of halogens is 3. The van der Waals surface area contributed by atoms with Gasteiger partial charge in [-0.3, -0.25) is 0 Å². The maximum absolute atomic E-state index is 12.4. The molecule has 0 bridgehead atoms. The van der Waals surface area contributed by atoms with E-state index in [0.717, 1.165) is 0 Å². The molecule has 0 radical (unpaired) electrons. The summed E-state index contributed by atoms with van der Waals surface area (Å²) in [6.45, 7) is -1.46. The van der Waals surface area contributed by atoms with Crippen molar-refractivity contribution in [2.75, 3.05) is 24.8 Å². The maximum atomic E-state index is 12.4. The van der Waals surface area contributed by atoms with Gasteiger partial charge in [-0.1, -0.05) is 24.3 Å². The summed E-state index contributed by atoms with van der Waals surface area (Å²) in [5, 5.41) is 12.6. The number of hydrogen-bond acceptors (Lipinski definition) is 8. The van der Waals surface area contributed by atoms with Crippen LogP contribution in [0.25, 0.3) is 11.6 Å². The average molecular weight is 442 g/mol. The molecular formula is C21H17F3N6O2. The summed E-state index contributed by atoms with van der Waals surface area (Å²) < 4.78 is 47.1. The first kappa shape index (κ1) is 22.4. The number of nitrogens with zero attached hydrogens (tertiary/aromatic N) is 4. The topological polar surface area (TPSA) is 119 Å². The highest BCUT2D eigenvalue weighted by Gasteiger charge is 2.29. The second-order valence-corrected chi connectivity index (χ2v) is 6.32. The fraction of sp³-hybridized carbons (Fsp3) is 0.143. The molecule has 3 N–H and O–H groups in total. The number of hydrogen-bond donors (Lipinski definition) is 2. The zero-order valence-electron chi connectivity index (χ0n) is 16.7. The standard InChI is InChI=1S/C21H17F3N6O2/c1-31-17-10-13(7-8-16(17)32-12-21(22,23)24)9-14(11-25)18-28-19(26)30-20(29-18)27-15-5-3-2-4-6-15/h2-10H,12H2,1H3,(H3,26,27,28,29,30)/b14-9-. The van der Waals surface area contributed by atoms with Crippen LogP contribution in [0.5, 0.6) is 11.5 Å². The maximum Gasteiger partial charge on any atom is 0.422 e. The lowest BCUT2D eigenvalue weighted by Crippen LogP contribution is -2.19. The Balaban J connectivity index is 1.89. The summed E-state index contributed by atoms with van der Waals surface area (Å²) in [5.74, 6) is 0.0623. The predicted octanol–water partition coefficient (Wildman–Crippen LogP) is 4.21. The molecule has 164 valence electrons. The van der Waals surface area contributed by atoms with Crippen LogP contribution in [0, 0.1) is 11.3 Å². The third-order valence-corrected chi connectivity index (χ3v) is 3.93. The van der Waals surface area contributed by atoms with Gasteiger partial charge in [-0.2, -0.15) is 33.4 Å². The van der Waals surface area contributed by atoms with Crippen LogP contribution in [-0.4, -0.2) is 34.8 Å². The van der Waals surface area contributed by atoms with E-state index >= 15 is 0 Å². The van der Waals surface area contributed by atoms with Gasteiger partial charge in [0.1, 0.15) is 6.07 Å². The van der Waals surface area contributed by atoms with E-state index in [1.54, 1.807) is 12.1 Å². The zero-order chi connectivity index (χ0) is 23.1. The first-order valence-corrected chi connectivity index (χ1v) is 9.11. The van der Waals surface area contributed by atoms with Gasteiger partial charge in [0.15, 0.2) is 23.9 Å². The van der Waals surface area contributed by atoms with Gasteiger partial charge in [0.2, 0.25) is 11.9 Å². The highest BCUT2D eigenvalue weighted by molar-refractivity contribution is 5.87. The number of methoxy groups -OCH3 is 1. The number of nitrogens with two attached hydrogens (primary N) is 1. The van der Waals surface area contributed by atoms with Crippen LogP contribution in [0.4, 0.5) is 30.8 Å². The lowest BCUT2D eigenvalue weighted by Gasteiger charge is -2.13. The number of nitriles is 1. The highest BCUT2D eigenvalue weighted by atomic mass is 19.4. The molecule has 0 aliphatic heterocycles. The van der Waals surface area contributed by atoms with Gasteiger partial charge in [-0.05, 0) is 35.9 Å². The zero-order valence-corrected chi connectivity index (χ0v) is 16.7. The van der Waals surface area contributed by atoms with Crippen LogP contribution < -0.4 is 20.5 Å². The second kappa shape index (κ2) is 9.65. The minimum absolute atomic E-state index is 0.0230. The number of nitrogens with one attached hydrogen (secondary N) is 1. The number of para-hydroxylation sites is 1. The Bertz CT molecular complexity index is 1160. The first-order chi connectivity index (χ1) is 15.3. The molecule has 0 unspecified atom stereocenters. The van der Waals surface area contributed by atoms with Crippen LogP contribution >= 0.6 is 0 Å². The van der Waals surface area contributed by atoms with Crippen molar-refractivity contribution in [3.8, 4) is 17.6 Å². The van der Waals surface area contributed by atoms with E-state index in [9.17, 15) is 18.4 Å². The molecule has 0 atom stereocenters. The Morgan fingerprint density at radius 1 is 1.12 bits per heavy atom. The number of rotatable bonds is 7. The fourth-order valence-corrected chi connectivity index (χ4v) is 2.59. The molecule has 8 nitrogen and oxygen atoms in total. The number of allylic oxidation sites excluding steroid dienone is 1. The van der Waals surface area contributed by atoms with Crippen molar-refractivity contribution in [3.63, 3.8) is 0 Å². The van der Waals surface area contributed by atoms with Crippen LogP contribution in [0.15, 0.2) is 48.5 Å². The molecule has 1 aromatic heterocycles. The molecule has 0 fully saturated rings. The average Bonchev–Trinajstić information content (AvgIpc) is 2.76. The number of nitrogen functional groups attached to an aromatic ring is 1. The molecular weight excluding hydrogens is 425 g/mol. The van der Waals surface area contributed by atoms with Crippen molar-refractivity contribution < 1.29 is 22.6 Å². The molecule has 0 aliphatic carbocycles. The number of benzene rings is 2. The SMILES string of the molecule is COc1cc(/C=C(/C#N)c2nc(N)nc(Nc3ccccc3)n2)ccc1OCC(F)(F)F. The van der Waals surface area contributed by atoms with Crippen molar-refractivity contribution in [1.82, 2.24) is 15.0 Å². The van der Waals surface area contributed by atoms with Gasteiger partial charge in [0.25, 0.3) is 0 Å². The molecule has 0 amide bonds. The highest BCUT2D eigenvalue weighted by Crippen LogP contribution is 2.31. The van der Waals surface area contributed by atoms with E-state index in [-0.39, 0.29) is 34.8 Å². The largest absolute Gasteiger partial charge is 0.493 e. The summed E-state index contributed by atoms with van der Waals surface area (Å²) in [4.78, 5) is 12.2. The molecule has 3 rings (SSSR count). The molecule has 0 saturated carbocycles. The third-order valence-electron chi connectivity index (χ3n) is 3.93. The van der Waals surface area contributed by atoms with Gasteiger partial charge in [-0.15, -0.1) is 0 Å². The van der Waals surface area contributed by atoms with Gasteiger partial charge >= 0.3 is 6.18 Å². The van der Waals surface area contributed by atoms with E-state index in [4.69, 9.17) is 15.2 Å². The van der Waals surface area contributed by atoms with Crippen LogP contribution in [0.1, 0.15) is 11.4 Å². The minimum atomic E-state index is -4.48. The Hall–Kier alpha value is -4.33. The molecule has 2 aromatic carbocycles. The van der Waals surface area contributed by atoms with Gasteiger partial charge < -0.3 is 20.5 Å². The summed E-state index contributed by atoms with van der Waals surface area (Å²) in [6.07, 6.45) is -3.04. The molecule has 0 spiro atoms. The first-order valence-electron chi connectivity index (χ1n) is 9.11. The van der Waals surface area contributed by atoms with Crippen molar-refractivity contribution >= 4 is 29.2 Å². The van der Waals surface area contributed by atoms with E-state index in [1.165, 1.54) is 31.4 Å². The Labute approximate surface area is 181 Å². The van der Waals surface area contributed by atoms with Crippen molar-refractivity contribution in [2.24, 2.45) is 0 Å². The normalized spacial score (nSPS) is 11.5. The summed E-state index contributed by atoms with van der Waals surface area (Å²) >= 11 is 0. The van der Waals surface area contributed by atoms with Crippen LogP contribution in [-0.2, 0) is 0 Å². The molecule has 0 aliphatic rings. The van der Waals surface area contributed by atoms with E-state index in [1.807, 2.05) is 24.3 Å².